The molecular weight excluding hydrogens is 234 g/mol. The van der Waals surface area contributed by atoms with Crippen LogP contribution >= 0.6 is 0 Å². The molecule has 0 aromatic rings. The fourth-order valence-corrected chi connectivity index (χ4v) is 2.59. The number of carboxylic acid groups (broad SMARTS) is 1. The first-order valence-corrected chi connectivity index (χ1v) is 6.60. The fourth-order valence-electron chi connectivity index (χ4n) is 2.59. The minimum absolute atomic E-state index is 0.155. The van der Waals surface area contributed by atoms with E-state index >= 15 is 0 Å². The van der Waals surface area contributed by atoms with E-state index in [-0.39, 0.29) is 12.0 Å². The van der Waals surface area contributed by atoms with Gasteiger partial charge in [0.25, 0.3) is 0 Å². The van der Waals surface area contributed by atoms with Crippen molar-refractivity contribution in [3.63, 3.8) is 0 Å². The Bertz CT molecular complexity index is 303. The number of carbonyl (C=O) groups excluding carboxylic acids is 1. The lowest BCUT2D eigenvalue weighted by atomic mass is 9.95. The van der Waals surface area contributed by atoms with Crippen LogP contribution in [0.1, 0.15) is 39.5 Å². The Morgan fingerprint density at radius 1 is 1.33 bits per heavy atom. The van der Waals surface area contributed by atoms with Crippen molar-refractivity contribution in [2.45, 2.75) is 45.6 Å². The highest BCUT2D eigenvalue weighted by Gasteiger charge is 2.40. The van der Waals surface area contributed by atoms with E-state index in [2.05, 4.69) is 5.32 Å². The molecule has 5 heteroatoms. The Balaban J connectivity index is 2.38. The highest BCUT2D eigenvalue weighted by atomic mass is 16.4. The van der Waals surface area contributed by atoms with E-state index in [1.807, 2.05) is 6.92 Å². The molecule has 5 nitrogen and oxygen atoms in total. The van der Waals surface area contributed by atoms with E-state index in [1.54, 1.807) is 6.92 Å². The van der Waals surface area contributed by atoms with Gasteiger partial charge in [-0.05, 0) is 38.5 Å². The SMILES string of the molecule is CC(O)CCCNC(=O)C1CC(C)CC1C(=O)O. The van der Waals surface area contributed by atoms with Crippen molar-refractivity contribution in [3.05, 3.63) is 0 Å². The molecule has 104 valence electrons. The van der Waals surface area contributed by atoms with Gasteiger partial charge in [-0.3, -0.25) is 9.59 Å². The Labute approximate surface area is 108 Å². The first-order chi connectivity index (χ1) is 8.41. The summed E-state index contributed by atoms with van der Waals surface area (Å²) >= 11 is 0. The molecular formula is C13H23NO4. The van der Waals surface area contributed by atoms with Crippen LogP contribution in [-0.4, -0.2) is 34.7 Å². The molecule has 0 aliphatic heterocycles. The molecule has 0 spiro atoms. The number of aliphatic hydroxyl groups is 1. The predicted octanol–water partition coefficient (Wildman–Crippen LogP) is 1.01. The summed E-state index contributed by atoms with van der Waals surface area (Å²) in [6.07, 6.45) is 2.23. The van der Waals surface area contributed by atoms with Crippen LogP contribution in [0.25, 0.3) is 0 Å². The number of nitrogens with one attached hydrogen (secondary N) is 1. The van der Waals surface area contributed by atoms with Gasteiger partial charge in [-0.15, -0.1) is 0 Å². The van der Waals surface area contributed by atoms with Crippen molar-refractivity contribution < 1.29 is 19.8 Å². The lowest BCUT2D eigenvalue weighted by Crippen LogP contribution is -2.35. The number of hydrogen-bond donors (Lipinski definition) is 3. The number of aliphatic carboxylic acids is 1. The zero-order valence-electron chi connectivity index (χ0n) is 11.1. The molecule has 1 rings (SSSR count). The maximum absolute atomic E-state index is 11.9. The van der Waals surface area contributed by atoms with E-state index in [9.17, 15) is 9.59 Å². The van der Waals surface area contributed by atoms with E-state index < -0.39 is 17.8 Å². The predicted molar refractivity (Wildman–Crippen MR) is 66.9 cm³/mol. The third-order valence-corrected chi connectivity index (χ3v) is 3.55. The van der Waals surface area contributed by atoms with Gasteiger partial charge >= 0.3 is 5.97 Å². The molecule has 0 saturated heterocycles. The van der Waals surface area contributed by atoms with Crippen LogP contribution in [0, 0.1) is 17.8 Å². The van der Waals surface area contributed by atoms with Crippen LogP contribution in [0.2, 0.25) is 0 Å². The molecule has 3 N–H and O–H groups in total. The summed E-state index contributed by atoms with van der Waals surface area (Å²) in [5, 5.41) is 20.9. The minimum Gasteiger partial charge on any atom is -0.481 e. The Morgan fingerprint density at radius 3 is 2.50 bits per heavy atom. The molecule has 1 aliphatic rings. The van der Waals surface area contributed by atoms with Gasteiger partial charge in [0, 0.05) is 6.54 Å². The topological polar surface area (TPSA) is 86.6 Å². The lowest BCUT2D eigenvalue weighted by Gasteiger charge is -2.15. The molecule has 1 aliphatic carbocycles. The summed E-state index contributed by atoms with van der Waals surface area (Å²) in [6, 6.07) is 0. The van der Waals surface area contributed by atoms with Crippen LogP contribution < -0.4 is 5.32 Å². The van der Waals surface area contributed by atoms with Crippen molar-refractivity contribution in [3.8, 4) is 0 Å². The van der Waals surface area contributed by atoms with Crippen LogP contribution in [0.3, 0.4) is 0 Å². The van der Waals surface area contributed by atoms with Gasteiger partial charge in [-0.25, -0.2) is 0 Å². The largest absolute Gasteiger partial charge is 0.481 e. The summed E-state index contributed by atoms with van der Waals surface area (Å²) in [5.41, 5.74) is 0. The molecule has 0 radical (unpaired) electrons. The second-order valence-corrected chi connectivity index (χ2v) is 5.41. The summed E-state index contributed by atoms with van der Waals surface area (Å²) in [4.78, 5) is 23.0. The molecule has 0 bridgehead atoms. The van der Waals surface area contributed by atoms with Gasteiger partial charge in [-0.1, -0.05) is 6.92 Å². The average Bonchev–Trinajstić information content (AvgIpc) is 2.66. The summed E-state index contributed by atoms with van der Waals surface area (Å²) in [5.74, 6) is -1.68. The van der Waals surface area contributed by atoms with Gasteiger partial charge < -0.3 is 15.5 Å². The molecule has 0 aromatic heterocycles. The van der Waals surface area contributed by atoms with E-state index in [0.29, 0.717) is 38.1 Å². The molecule has 1 amide bonds. The highest BCUT2D eigenvalue weighted by molar-refractivity contribution is 5.85. The number of rotatable bonds is 6. The Morgan fingerprint density at radius 2 is 1.94 bits per heavy atom. The molecule has 4 unspecified atom stereocenters. The van der Waals surface area contributed by atoms with Gasteiger partial charge in [0.15, 0.2) is 0 Å². The highest BCUT2D eigenvalue weighted by Crippen LogP contribution is 2.36. The smallest absolute Gasteiger partial charge is 0.307 e. The Hall–Kier alpha value is -1.10. The van der Waals surface area contributed by atoms with Crippen LogP contribution in [0.15, 0.2) is 0 Å². The summed E-state index contributed by atoms with van der Waals surface area (Å²) in [6.45, 7) is 4.19. The van der Waals surface area contributed by atoms with Crippen molar-refractivity contribution >= 4 is 11.9 Å². The standard InChI is InChI=1S/C13H23NO4/c1-8-6-10(11(7-8)13(17)18)12(16)14-5-3-4-9(2)15/h8-11,15H,3-7H2,1-2H3,(H,14,16)(H,17,18). The number of amides is 1. The number of aliphatic hydroxyl groups excluding tert-OH is 1. The molecule has 18 heavy (non-hydrogen) atoms. The second kappa shape index (κ2) is 6.73. The second-order valence-electron chi connectivity index (χ2n) is 5.41. The molecule has 1 fully saturated rings. The molecule has 0 heterocycles. The molecule has 4 atom stereocenters. The molecule has 1 saturated carbocycles. The monoisotopic (exact) mass is 257 g/mol. The first kappa shape index (κ1) is 15.0. The van der Waals surface area contributed by atoms with E-state index in [0.717, 1.165) is 0 Å². The van der Waals surface area contributed by atoms with Crippen molar-refractivity contribution in [1.29, 1.82) is 0 Å². The van der Waals surface area contributed by atoms with Crippen LogP contribution in [0.5, 0.6) is 0 Å². The normalized spacial score (nSPS) is 28.9. The number of carboxylic acids is 1. The average molecular weight is 257 g/mol. The van der Waals surface area contributed by atoms with Crippen molar-refractivity contribution in [2.24, 2.45) is 17.8 Å². The first-order valence-electron chi connectivity index (χ1n) is 6.60. The van der Waals surface area contributed by atoms with Gasteiger partial charge in [0.2, 0.25) is 5.91 Å². The third-order valence-electron chi connectivity index (χ3n) is 3.55. The van der Waals surface area contributed by atoms with Crippen molar-refractivity contribution in [2.75, 3.05) is 6.54 Å². The van der Waals surface area contributed by atoms with Crippen LogP contribution in [0.4, 0.5) is 0 Å². The Kier molecular flexibility index (Phi) is 5.59. The molecule has 0 aromatic carbocycles. The maximum Gasteiger partial charge on any atom is 0.307 e. The zero-order chi connectivity index (χ0) is 13.7. The van der Waals surface area contributed by atoms with E-state index in [1.165, 1.54) is 0 Å². The lowest BCUT2D eigenvalue weighted by molar-refractivity contribution is -0.146. The third kappa shape index (κ3) is 4.29. The fraction of sp³-hybridized carbons (Fsp3) is 0.846. The summed E-state index contributed by atoms with van der Waals surface area (Å²) < 4.78 is 0. The number of hydrogen-bond acceptors (Lipinski definition) is 3. The number of carbonyl (C=O) groups is 2. The van der Waals surface area contributed by atoms with Gasteiger partial charge in [0.05, 0.1) is 17.9 Å². The van der Waals surface area contributed by atoms with Gasteiger partial charge in [0.1, 0.15) is 0 Å². The van der Waals surface area contributed by atoms with Crippen molar-refractivity contribution in [1.82, 2.24) is 5.32 Å². The van der Waals surface area contributed by atoms with Crippen LogP contribution in [-0.2, 0) is 9.59 Å². The van der Waals surface area contributed by atoms with Gasteiger partial charge in [-0.2, -0.15) is 0 Å². The summed E-state index contributed by atoms with van der Waals surface area (Å²) in [7, 11) is 0. The minimum atomic E-state index is -0.872. The quantitative estimate of drug-likeness (QED) is 0.620. The van der Waals surface area contributed by atoms with E-state index in [4.69, 9.17) is 10.2 Å². The maximum atomic E-state index is 11.9. The zero-order valence-corrected chi connectivity index (χ0v) is 11.1.